The minimum atomic E-state index is -0.495. The molecule has 1 amide bonds. The molecule has 4 nitrogen and oxygen atoms in total. The molecule has 2 fully saturated rings. The lowest BCUT2D eigenvalue weighted by Crippen LogP contribution is -2.41. The van der Waals surface area contributed by atoms with Crippen LogP contribution in [0.3, 0.4) is 0 Å². The van der Waals surface area contributed by atoms with E-state index in [9.17, 15) is 4.79 Å². The molecule has 1 aliphatic carbocycles. The van der Waals surface area contributed by atoms with Gasteiger partial charge in [0.05, 0.1) is 11.2 Å². The molecular weight excluding hydrogens is 300 g/mol. The largest absolute Gasteiger partial charge is 0.496 e. The molecule has 3 rings (SSSR count). The van der Waals surface area contributed by atoms with Crippen molar-refractivity contribution in [1.82, 2.24) is 0 Å². The molecule has 0 unspecified atom stereocenters. The van der Waals surface area contributed by atoms with Crippen LogP contribution in [0.2, 0.25) is 5.02 Å². The van der Waals surface area contributed by atoms with Gasteiger partial charge in [0.2, 0.25) is 5.91 Å². The van der Waals surface area contributed by atoms with E-state index in [0.29, 0.717) is 10.7 Å². The highest BCUT2D eigenvalue weighted by Crippen LogP contribution is 2.37. The molecular formula is C16H21BClNO3. The Labute approximate surface area is 136 Å². The van der Waals surface area contributed by atoms with Gasteiger partial charge in [0.15, 0.2) is 0 Å². The third-order valence-corrected chi connectivity index (χ3v) is 5.05. The van der Waals surface area contributed by atoms with E-state index in [1.807, 2.05) is 39.8 Å². The molecule has 22 heavy (non-hydrogen) atoms. The Morgan fingerprint density at radius 3 is 2.32 bits per heavy atom. The van der Waals surface area contributed by atoms with Crippen LogP contribution >= 0.6 is 11.6 Å². The molecule has 0 atom stereocenters. The molecule has 1 N–H and O–H groups in total. The Morgan fingerprint density at radius 2 is 1.82 bits per heavy atom. The molecule has 0 bridgehead atoms. The van der Waals surface area contributed by atoms with E-state index in [0.717, 1.165) is 18.3 Å². The monoisotopic (exact) mass is 321 g/mol. The van der Waals surface area contributed by atoms with Crippen LogP contribution in [0.15, 0.2) is 18.2 Å². The van der Waals surface area contributed by atoms with Crippen LogP contribution in [-0.4, -0.2) is 24.2 Å². The van der Waals surface area contributed by atoms with E-state index in [1.54, 1.807) is 6.07 Å². The van der Waals surface area contributed by atoms with Gasteiger partial charge in [0.25, 0.3) is 0 Å². The lowest BCUT2D eigenvalue weighted by molar-refractivity contribution is -0.117. The number of nitrogens with one attached hydrogen (secondary N) is 1. The molecule has 0 aromatic heterocycles. The van der Waals surface area contributed by atoms with E-state index in [2.05, 4.69) is 5.32 Å². The smallest absolute Gasteiger partial charge is 0.399 e. The Hall–Kier alpha value is -1.04. The van der Waals surface area contributed by atoms with Crippen LogP contribution in [0.1, 0.15) is 40.5 Å². The van der Waals surface area contributed by atoms with Crippen molar-refractivity contribution < 1.29 is 14.1 Å². The number of anilines is 1. The quantitative estimate of drug-likeness (QED) is 0.871. The minimum Gasteiger partial charge on any atom is -0.399 e. The van der Waals surface area contributed by atoms with Crippen LogP contribution in [0, 0.1) is 5.92 Å². The number of carbonyl (C=O) groups excluding carboxylic acids is 1. The summed E-state index contributed by atoms with van der Waals surface area (Å²) in [7, 11) is -0.495. The average Bonchev–Trinajstić information content (AvgIpc) is 3.18. The molecule has 1 saturated heterocycles. The van der Waals surface area contributed by atoms with E-state index in [4.69, 9.17) is 20.9 Å². The first-order valence-corrected chi connectivity index (χ1v) is 8.03. The Kier molecular flexibility index (Phi) is 3.79. The molecule has 1 heterocycles. The molecule has 0 radical (unpaired) electrons. The first kappa shape index (κ1) is 15.8. The molecule has 2 aliphatic rings. The van der Waals surface area contributed by atoms with Gasteiger partial charge in [0.1, 0.15) is 0 Å². The fourth-order valence-corrected chi connectivity index (χ4v) is 2.63. The SMILES string of the molecule is CC1(C)OB(c2ccc(NC(=O)C3CC3)cc2Cl)OC1(C)C. The van der Waals surface area contributed by atoms with Gasteiger partial charge >= 0.3 is 7.12 Å². The van der Waals surface area contributed by atoms with Crippen molar-refractivity contribution in [3.8, 4) is 0 Å². The van der Waals surface area contributed by atoms with Crippen molar-refractivity contribution in [2.24, 2.45) is 5.92 Å². The third-order valence-electron chi connectivity index (χ3n) is 4.72. The van der Waals surface area contributed by atoms with Gasteiger partial charge < -0.3 is 14.6 Å². The van der Waals surface area contributed by atoms with Crippen LogP contribution in [0.25, 0.3) is 0 Å². The number of benzene rings is 1. The standard InChI is InChI=1S/C16H21BClNO3/c1-15(2)16(3,4)22-17(21-15)12-8-7-11(9-13(12)18)19-14(20)10-5-6-10/h7-10H,5-6H2,1-4H3,(H,19,20). The summed E-state index contributed by atoms with van der Waals surface area (Å²) in [6.45, 7) is 8.02. The predicted molar refractivity (Wildman–Crippen MR) is 88.5 cm³/mol. The maximum absolute atomic E-state index is 11.8. The number of amides is 1. The summed E-state index contributed by atoms with van der Waals surface area (Å²) in [5.74, 6) is 0.237. The maximum atomic E-state index is 11.8. The van der Waals surface area contributed by atoms with E-state index < -0.39 is 18.3 Å². The van der Waals surface area contributed by atoms with Gasteiger partial charge in [-0.2, -0.15) is 0 Å². The molecule has 6 heteroatoms. The third kappa shape index (κ3) is 2.90. The lowest BCUT2D eigenvalue weighted by Gasteiger charge is -2.32. The second-order valence-corrected chi connectivity index (χ2v) is 7.50. The van der Waals surface area contributed by atoms with Crippen LogP contribution in [0.4, 0.5) is 5.69 Å². The zero-order valence-electron chi connectivity index (χ0n) is 13.4. The Bertz CT molecular complexity index is 597. The maximum Gasteiger partial charge on any atom is 0.496 e. The van der Waals surface area contributed by atoms with Gasteiger partial charge in [-0.25, -0.2) is 0 Å². The molecule has 1 aliphatic heterocycles. The van der Waals surface area contributed by atoms with Gasteiger partial charge in [-0.1, -0.05) is 17.7 Å². The van der Waals surface area contributed by atoms with Crippen molar-refractivity contribution in [2.75, 3.05) is 5.32 Å². The first-order valence-electron chi connectivity index (χ1n) is 7.65. The van der Waals surface area contributed by atoms with Crippen molar-refractivity contribution in [3.05, 3.63) is 23.2 Å². The summed E-state index contributed by atoms with van der Waals surface area (Å²) in [6.07, 6.45) is 1.96. The van der Waals surface area contributed by atoms with Crippen LogP contribution in [0.5, 0.6) is 0 Å². The highest BCUT2D eigenvalue weighted by Gasteiger charge is 2.52. The van der Waals surface area contributed by atoms with E-state index >= 15 is 0 Å². The highest BCUT2D eigenvalue weighted by atomic mass is 35.5. The number of hydrogen-bond donors (Lipinski definition) is 1. The van der Waals surface area contributed by atoms with Gasteiger partial charge in [-0.15, -0.1) is 0 Å². The topological polar surface area (TPSA) is 47.6 Å². The fraction of sp³-hybridized carbons (Fsp3) is 0.562. The van der Waals surface area contributed by atoms with Crippen LogP contribution in [-0.2, 0) is 14.1 Å². The molecule has 1 aromatic rings. The zero-order valence-corrected chi connectivity index (χ0v) is 14.2. The number of rotatable bonds is 3. The number of hydrogen-bond acceptors (Lipinski definition) is 3. The lowest BCUT2D eigenvalue weighted by atomic mass is 9.79. The summed E-state index contributed by atoms with van der Waals surface area (Å²) < 4.78 is 12.0. The zero-order chi connectivity index (χ0) is 16.1. The Morgan fingerprint density at radius 1 is 1.23 bits per heavy atom. The minimum absolute atomic E-state index is 0.0689. The molecule has 1 saturated carbocycles. The normalized spacial score (nSPS) is 22.7. The predicted octanol–water partition coefficient (Wildman–Crippen LogP) is 2.99. The second-order valence-electron chi connectivity index (χ2n) is 7.09. The molecule has 118 valence electrons. The van der Waals surface area contributed by atoms with Gasteiger partial charge in [-0.3, -0.25) is 4.79 Å². The first-order chi connectivity index (χ1) is 10.2. The number of carbonyl (C=O) groups is 1. The fourth-order valence-electron chi connectivity index (χ4n) is 2.36. The summed E-state index contributed by atoms with van der Waals surface area (Å²) >= 11 is 6.36. The van der Waals surface area contributed by atoms with Crippen molar-refractivity contribution in [3.63, 3.8) is 0 Å². The summed E-state index contributed by atoms with van der Waals surface area (Å²) in [5, 5.41) is 3.42. The average molecular weight is 322 g/mol. The van der Waals surface area contributed by atoms with E-state index in [1.165, 1.54) is 0 Å². The van der Waals surface area contributed by atoms with Crippen molar-refractivity contribution >= 4 is 35.8 Å². The highest BCUT2D eigenvalue weighted by molar-refractivity contribution is 6.65. The molecule has 1 aromatic carbocycles. The van der Waals surface area contributed by atoms with E-state index in [-0.39, 0.29) is 11.8 Å². The van der Waals surface area contributed by atoms with Crippen molar-refractivity contribution in [1.29, 1.82) is 0 Å². The molecule has 0 spiro atoms. The van der Waals surface area contributed by atoms with Crippen molar-refractivity contribution in [2.45, 2.75) is 51.7 Å². The van der Waals surface area contributed by atoms with Gasteiger partial charge in [0, 0.05) is 22.1 Å². The summed E-state index contributed by atoms with van der Waals surface area (Å²) in [4.78, 5) is 11.8. The Balaban J connectivity index is 1.77. The summed E-state index contributed by atoms with van der Waals surface area (Å²) in [6, 6.07) is 5.45. The summed E-state index contributed by atoms with van der Waals surface area (Å²) in [5.41, 5.74) is 0.687. The second kappa shape index (κ2) is 5.26. The van der Waals surface area contributed by atoms with Crippen LogP contribution < -0.4 is 10.8 Å². The van der Waals surface area contributed by atoms with Gasteiger partial charge in [-0.05, 0) is 52.7 Å². The number of halogens is 1.